The minimum Gasteiger partial charge on any atom is -0.507 e. The average Bonchev–Trinajstić information content (AvgIpc) is 2.36. The zero-order valence-corrected chi connectivity index (χ0v) is 11.3. The molecule has 0 radical (unpaired) electrons. The number of carbonyl (C=O) groups excluding carboxylic acids is 1. The fourth-order valence-electron chi connectivity index (χ4n) is 1.32. The Bertz CT molecular complexity index is 399. The molecule has 0 aliphatic heterocycles. The van der Waals surface area contributed by atoms with Crippen LogP contribution in [0.4, 0.5) is 0 Å². The Morgan fingerprint density at radius 1 is 1.39 bits per heavy atom. The number of ether oxygens (including phenoxy) is 1. The molecule has 0 aromatic heterocycles. The number of halogens is 2. The molecule has 100 valence electrons. The van der Waals surface area contributed by atoms with E-state index >= 15 is 0 Å². The number of phenols is 1. The van der Waals surface area contributed by atoms with Crippen molar-refractivity contribution >= 4 is 29.1 Å². The first-order chi connectivity index (χ1) is 8.65. The summed E-state index contributed by atoms with van der Waals surface area (Å²) in [6.45, 7) is 1.51. The second-order valence-electron chi connectivity index (χ2n) is 3.57. The van der Waals surface area contributed by atoms with Crippen LogP contribution in [-0.2, 0) is 4.74 Å². The Labute approximate surface area is 116 Å². The summed E-state index contributed by atoms with van der Waals surface area (Å²) < 4.78 is 5.16. The van der Waals surface area contributed by atoms with E-state index in [2.05, 4.69) is 5.32 Å². The van der Waals surface area contributed by atoms with Crippen LogP contribution in [-0.4, -0.2) is 36.7 Å². The van der Waals surface area contributed by atoms with Crippen LogP contribution in [0.3, 0.4) is 0 Å². The highest BCUT2D eigenvalue weighted by Gasteiger charge is 2.10. The molecule has 2 N–H and O–H groups in total. The van der Waals surface area contributed by atoms with Gasteiger partial charge in [-0.25, -0.2) is 0 Å². The van der Waals surface area contributed by atoms with Crippen molar-refractivity contribution in [1.29, 1.82) is 0 Å². The molecule has 0 aliphatic carbocycles. The summed E-state index contributed by atoms with van der Waals surface area (Å²) in [6, 6.07) is 4.34. The number of nitrogens with one attached hydrogen (secondary N) is 1. The number of rotatable bonds is 7. The highest BCUT2D eigenvalue weighted by Crippen LogP contribution is 2.21. The van der Waals surface area contributed by atoms with E-state index < -0.39 is 0 Å². The van der Waals surface area contributed by atoms with Crippen molar-refractivity contribution in [3.63, 3.8) is 0 Å². The van der Waals surface area contributed by atoms with Crippen molar-refractivity contribution in [2.45, 2.75) is 6.42 Å². The fraction of sp³-hybridized carbons (Fsp3) is 0.417. The number of hydrogen-bond donors (Lipinski definition) is 2. The summed E-state index contributed by atoms with van der Waals surface area (Å²) in [5, 5.41) is 12.6. The first-order valence-electron chi connectivity index (χ1n) is 5.55. The second kappa shape index (κ2) is 8.19. The zero-order valence-electron chi connectivity index (χ0n) is 9.79. The van der Waals surface area contributed by atoms with Gasteiger partial charge in [0.15, 0.2) is 0 Å². The van der Waals surface area contributed by atoms with Gasteiger partial charge in [0.2, 0.25) is 0 Å². The fourth-order valence-corrected chi connectivity index (χ4v) is 1.60. The normalized spacial score (nSPS) is 10.3. The molecule has 0 unspecified atom stereocenters. The molecule has 1 rings (SSSR count). The number of amides is 1. The van der Waals surface area contributed by atoms with Gasteiger partial charge in [-0.1, -0.05) is 11.6 Å². The minimum atomic E-state index is -0.354. The first-order valence-corrected chi connectivity index (χ1v) is 6.47. The third-order valence-corrected chi connectivity index (χ3v) is 2.57. The molecule has 0 spiro atoms. The van der Waals surface area contributed by atoms with Crippen LogP contribution in [0.5, 0.6) is 5.75 Å². The van der Waals surface area contributed by atoms with Gasteiger partial charge < -0.3 is 15.2 Å². The van der Waals surface area contributed by atoms with Gasteiger partial charge >= 0.3 is 0 Å². The first kappa shape index (κ1) is 15.1. The summed E-state index contributed by atoms with van der Waals surface area (Å²) in [7, 11) is 0. The van der Waals surface area contributed by atoms with Crippen LogP contribution >= 0.6 is 23.2 Å². The molecule has 0 saturated heterocycles. The lowest BCUT2D eigenvalue weighted by Crippen LogP contribution is -2.25. The van der Waals surface area contributed by atoms with Gasteiger partial charge in [0, 0.05) is 24.1 Å². The van der Waals surface area contributed by atoms with Crippen LogP contribution in [0.1, 0.15) is 16.8 Å². The summed E-state index contributed by atoms with van der Waals surface area (Å²) in [4.78, 5) is 11.7. The van der Waals surface area contributed by atoms with Gasteiger partial charge in [-0.05, 0) is 24.6 Å². The van der Waals surface area contributed by atoms with Crippen LogP contribution in [0.25, 0.3) is 0 Å². The summed E-state index contributed by atoms with van der Waals surface area (Å²) >= 11 is 11.2. The van der Waals surface area contributed by atoms with Gasteiger partial charge in [0.1, 0.15) is 5.75 Å². The predicted octanol–water partition coefficient (Wildman–Crippen LogP) is 2.42. The van der Waals surface area contributed by atoms with E-state index in [4.69, 9.17) is 27.9 Å². The number of hydrogen-bond acceptors (Lipinski definition) is 3. The largest absolute Gasteiger partial charge is 0.507 e. The zero-order chi connectivity index (χ0) is 13.4. The van der Waals surface area contributed by atoms with E-state index in [1.807, 2.05) is 0 Å². The molecular weight excluding hydrogens is 277 g/mol. The predicted molar refractivity (Wildman–Crippen MR) is 71.6 cm³/mol. The van der Waals surface area contributed by atoms with E-state index in [9.17, 15) is 9.90 Å². The van der Waals surface area contributed by atoms with E-state index in [-0.39, 0.29) is 17.2 Å². The van der Waals surface area contributed by atoms with Crippen molar-refractivity contribution in [3.05, 3.63) is 28.8 Å². The SMILES string of the molecule is O=C(NCCCOCCCl)c1cc(Cl)ccc1O. The highest BCUT2D eigenvalue weighted by molar-refractivity contribution is 6.31. The lowest BCUT2D eigenvalue weighted by atomic mass is 10.2. The van der Waals surface area contributed by atoms with Crippen LogP contribution in [0.2, 0.25) is 5.02 Å². The summed E-state index contributed by atoms with van der Waals surface area (Å²) in [6.07, 6.45) is 0.684. The Hall–Kier alpha value is -0.970. The van der Waals surface area contributed by atoms with Crippen LogP contribution in [0.15, 0.2) is 18.2 Å². The smallest absolute Gasteiger partial charge is 0.255 e. The van der Waals surface area contributed by atoms with E-state index in [1.165, 1.54) is 18.2 Å². The maximum Gasteiger partial charge on any atom is 0.255 e. The topological polar surface area (TPSA) is 58.6 Å². The monoisotopic (exact) mass is 291 g/mol. The van der Waals surface area contributed by atoms with Crippen molar-refractivity contribution in [1.82, 2.24) is 5.32 Å². The molecule has 0 heterocycles. The maximum absolute atomic E-state index is 11.7. The molecular formula is C12H15Cl2NO3. The Morgan fingerprint density at radius 2 is 2.17 bits per heavy atom. The number of carbonyl (C=O) groups is 1. The van der Waals surface area contributed by atoms with Crippen molar-refractivity contribution in [2.75, 3.05) is 25.6 Å². The van der Waals surface area contributed by atoms with Crippen molar-refractivity contribution < 1.29 is 14.6 Å². The van der Waals surface area contributed by atoms with E-state index in [1.54, 1.807) is 0 Å². The molecule has 0 bridgehead atoms. The van der Waals surface area contributed by atoms with Gasteiger partial charge in [-0.15, -0.1) is 11.6 Å². The number of aromatic hydroxyl groups is 1. The molecule has 4 nitrogen and oxygen atoms in total. The summed E-state index contributed by atoms with van der Waals surface area (Å²) in [5.74, 6) is 0.0191. The van der Waals surface area contributed by atoms with Gasteiger partial charge in [0.25, 0.3) is 5.91 Å². The Morgan fingerprint density at radius 3 is 2.89 bits per heavy atom. The third-order valence-electron chi connectivity index (χ3n) is 2.18. The number of benzene rings is 1. The Kier molecular flexibility index (Phi) is 6.86. The number of alkyl halides is 1. The van der Waals surface area contributed by atoms with E-state index in [0.29, 0.717) is 37.1 Å². The van der Waals surface area contributed by atoms with Crippen LogP contribution in [0, 0.1) is 0 Å². The molecule has 0 aliphatic rings. The maximum atomic E-state index is 11.7. The number of phenolic OH excluding ortho intramolecular Hbond substituents is 1. The average molecular weight is 292 g/mol. The highest BCUT2D eigenvalue weighted by atomic mass is 35.5. The molecule has 0 atom stereocenters. The van der Waals surface area contributed by atoms with Gasteiger partial charge in [-0.2, -0.15) is 0 Å². The molecule has 1 amide bonds. The lowest BCUT2D eigenvalue weighted by molar-refractivity contribution is 0.0942. The van der Waals surface area contributed by atoms with Gasteiger partial charge in [-0.3, -0.25) is 4.79 Å². The third kappa shape index (κ3) is 5.12. The Balaban J connectivity index is 2.34. The second-order valence-corrected chi connectivity index (χ2v) is 4.39. The van der Waals surface area contributed by atoms with E-state index in [0.717, 1.165) is 0 Å². The van der Waals surface area contributed by atoms with Crippen molar-refractivity contribution in [2.24, 2.45) is 0 Å². The molecule has 18 heavy (non-hydrogen) atoms. The van der Waals surface area contributed by atoms with Crippen molar-refractivity contribution in [3.8, 4) is 5.75 Å². The molecule has 6 heteroatoms. The van der Waals surface area contributed by atoms with Gasteiger partial charge in [0.05, 0.1) is 12.2 Å². The molecule has 1 aromatic rings. The summed E-state index contributed by atoms with van der Waals surface area (Å²) in [5.41, 5.74) is 0.171. The lowest BCUT2D eigenvalue weighted by Gasteiger charge is -2.07. The van der Waals surface area contributed by atoms with Crippen LogP contribution < -0.4 is 5.32 Å². The minimum absolute atomic E-state index is 0.0877. The quantitative estimate of drug-likeness (QED) is 0.599. The standard InChI is InChI=1S/C12H15Cl2NO3/c13-4-7-18-6-1-5-15-12(17)10-8-9(14)2-3-11(10)16/h2-3,8,16H,1,4-7H2,(H,15,17). The molecule has 0 saturated carbocycles. The molecule has 1 aromatic carbocycles. The molecule has 0 fully saturated rings.